The lowest BCUT2D eigenvalue weighted by Gasteiger charge is -2.19. The number of nitrogens with one attached hydrogen (secondary N) is 1. The molecule has 74 valence electrons. The molecule has 0 spiro atoms. The predicted molar refractivity (Wildman–Crippen MR) is 54.7 cm³/mol. The van der Waals surface area contributed by atoms with Gasteiger partial charge in [-0.25, -0.2) is 5.84 Å². The van der Waals surface area contributed by atoms with Crippen LogP contribution in [0.5, 0.6) is 0 Å². The molecule has 1 heterocycles. The molecule has 3 N–H and O–H groups in total. The number of rotatable bonds is 4. The molecule has 0 aromatic rings. The van der Waals surface area contributed by atoms with Gasteiger partial charge in [-0.1, -0.05) is 31.4 Å². The van der Waals surface area contributed by atoms with E-state index in [2.05, 4.69) is 17.5 Å². The molecule has 0 bridgehead atoms. The van der Waals surface area contributed by atoms with Gasteiger partial charge in [-0.15, -0.1) is 10.3 Å². The van der Waals surface area contributed by atoms with Gasteiger partial charge in [0, 0.05) is 0 Å². The third-order valence-electron chi connectivity index (χ3n) is 1.79. The second-order valence-electron chi connectivity index (χ2n) is 3.00. The molecule has 0 amide bonds. The van der Waals surface area contributed by atoms with Gasteiger partial charge >= 0.3 is 0 Å². The number of unbranched alkanes of at least 4 members (excludes halogenated alkanes) is 2. The smallest absolute Gasteiger partial charge is 0.125 e. The van der Waals surface area contributed by atoms with Gasteiger partial charge in [-0.2, -0.15) is 0 Å². The zero-order valence-corrected chi connectivity index (χ0v) is 8.51. The van der Waals surface area contributed by atoms with E-state index in [1.807, 2.05) is 0 Å². The Kier molecular flexibility index (Phi) is 4.05. The first-order chi connectivity index (χ1) is 6.22. The fourth-order valence-electron chi connectivity index (χ4n) is 1.16. The second kappa shape index (κ2) is 5.09. The van der Waals surface area contributed by atoms with Gasteiger partial charge < -0.3 is 0 Å². The Morgan fingerprint density at radius 1 is 1.62 bits per heavy atom. The molecule has 0 unspecified atom stereocenters. The third-order valence-corrected chi connectivity index (χ3v) is 1.98. The molecular formula is C8H15ClN4. The minimum absolute atomic E-state index is 0.518. The maximum Gasteiger partial charge on any atom is 0.125 e. The first-order valence-corrected chi connectivity index (χ1v) is 4.86. The van der Waals surface area contributed by atoms with E-state index in [4.69, 9.17) is 17.4 Å². The van der Waals surface area contributed by atoms with Gasteiger partial charge in [0.05, 0.1) is 5.71 Å². The standard InChI is InChI=1S/C8H15ClN4/c1-2-3-4-5-7-6-8(9)12-13(10)11-7/h6,12H,2-5,10H2,1H3. The Labute approximate surface area is 83.4 Å². The van der Waals surface area contributed by atoms with Crippen molar-refractivity contribution in [3.05, 3.63) is 11.2 Å². The summed E-state index contributed by atoms with van der Waals surface area (Å²) in [4.78, 5) is 0. The molecule has 13 heavy (non-hydrogen) atoms. The fraction of sp³-hybridized carbons (Fsp3) is 0.625. The number of nitrogens with zero attached hydrogens (tertiary/aromatic N) is 2. The molecule has 0 aromatic heterocycles. The number of hydrazone groups is 1. The van der Waals surface area contributed by atoms with Gasteiger partial charge in [0.25, 0.3) is 0 Å². The predicted octanol–water partition coefficient (Wildman–Crippen LogP) is 1.70. The minimum Gasteiger partial charge on any atom is -0.256 e. The van der Waals surface area contributed by atoms with Crippen molar-refractivity contribution < 1.29 is 0 Å². The van der Waals surface area contributed by atoms with Crippen LogP contribution in [0.15, 0.2) is 16.3 Å². The molecular weight excluding hydrogens is 188 g/mol. The monoisotopic (exact) mass is 202 g/mol. The molecule has 4 nitrogen and oxygen atoms in total. The van der Waals surface area contributed by atoms with Crippen molar-refractivity contribution in [2.24, 2.45) is 10.9 Å². The van der Waals surface area contributed by atoms with Crippen molar-refractivity contribution in [1.82, 2.24) is 10.7 Å². The number of allylic oxidation sites excluding steroid dienone is 1. The van der Waals surface area contributed by atoms with E-state index in [1.165, 1.54) is 12.8 Å². The maximum absolute atomic E-state index is 5.77. The highest BCUT2D eigenvalue weighted by Crippen LogP contribution is 2.09. The topological polar surface area (TPSA) is 53.6 Å². The van der Waals surface area contributed by atoms with Crippen molar-refractivity contribution in [3.8, 4) is 0 Å². The van der Waals surface area contributed by atoms with E-state index >= 15 is 0 Å². The molecule has 1 aliphatic heterocycles. The van der Waals surface area contributed by atoms with E-state index < -0.39 is 0 Å². The van der Waals surface area contributed by atoms with E-state index in [1.54, 1.807) is 6.08 Å². The highest BCUT2D eigenvalue weighted by atomic mass is 35.5. The zero-order chi connectivity index (χ0) is 9.68. The molecule has 0 aliphatic carbocycles. The Morgan fingerprint density at radius 2 is 2.38 bits per heavy atom. The van der Waals surface area contributed by atoms with Crippen LogP contribution in [-0.2, 0) is 0 Å². The summed E-state index contributed by atoms with van der Waals surface area (Å²) < 4.78 is 0. The quantitative estimate of drug-likeness (QED) is 0.415. The van der Waals surface area contributed by atoms with Crippen LogP contribution in [0.4, 0.5) is 0 Å². The SMILES string of the molecule is CCCCCC1=NN(N)NC(Cl)=C1. The fourth-order valence-corrected chi connectivity index (χ4v) is 1.37. The Hall–Kier alpha value is -0.740. The largest absolute Gasteiger partial charge is 0.256 e. The molecule has 0 aromatic carbocycles. The van der Waals surface area contributed by atoms with Crippen molar-refractivity contribution in [3.63, 3.8) is 0 Å². The van der Waals surface area contributed by atoms with Crippen molar-refractivity contribution in [2.75, 3.05) is 0 Å². The summed E-state index contributed by atoms with van der Waals surface area (Å²) in [6.07, 6.45) is 6.28. The van der Waals surface area contributed by atoms with Gasteiger partial charge in [0.15, 0.2) is 0 Å². The van der Waals surface area contributed by atoms with Crippen LogP contribution in [0.1, 0.15) is 32.6 Å². The number of hydrogen-bond donors (Lipinski definition) is 2. The summed E-state index contributed by atoms with van der Waals surface area (Å²) in [6, 6.07) is 0. The summed E-state index contributed by atoms with van der Waals surface area (Å²) in [5.41, 5.74) is 3.58. The van der Waals surface area contributed by atoms with Gasteiger partial charge in [-0.05, 0) is 18.9 Å². The molecule has 0 saturated heterocycles. The zero-order valence-electron chi connectivity index (χ0n) is 7.76. The lowest BCUT2D eigenvalue weighted by molar-refractivity contribution is 0.232. The highest BCUT2D eigenvalue weighted by molar-refractivity contribution is 6.31. The van der Waals surface area contributed by atoms with Crippen molar-refractivity contribution in [2.45, 2.75) is 32.6 Å². The summed E-state index contributed by atoms with van der Waals surface area (Å²) >= 11 is 5.77. The molecule has 1 aliphatic rings. The van der Waals surface area contributed by atoms with Crippen LogP contribution >= 0.6 is 11.6 Å². The van der Waals surface area contributed by atoms with Gasteiger partial charge in [-0.3, -0.25) is 5.43 Å². The minimum atomic E-state index is 0.518. The van der Waals surface area contributed by atoms with Gasteiger partial charge in [0.1, 0.15) is 5.16 Å². The summed E-state index contributed by atoms with van der Waals surface area (Å²) in [6.45, 7) is 2.17. The van der Waals surface area contributed by atoms with Crippen LogP contribution < -0.4 is 11.3 Å². The molecule has 1 rings (SSSR count). The van der Waals surface area contributed by atoms with E-state index in [0.717, 1.165) is 23.8 Å². The molecule has 0 saturated carbocycles. The van der Waals surface area contributed by atoms with E-state index in [0.29, 0.717) is 5.16 Å². The second-order valence-corrected chi connectivity index (χ2v) is 3.40. The molecule has 5 heteroatoms. The van der Waals surface area contributed by atoms with Crippen LogP contribution in [0.25, 0.3) is 0 Å². The first kappa shape index (κ1) is 10.3. The number of hydrazine groups is 2. The van der Waals surface area contributed by atoms with Crippen LogP contribution in [0, 0.1) is 0 Å². The molecule has 0 atom stereocenters. The lowest BCUT2D eigenvalue weighted by atomic mass is 10.1. The maximum atomic E-state index is 5.77. The normalized spacial score (nSPS) is 16.4. The van der Waals surface area contributed by atoms with Crippen LogP contribution in [0.2, 0.25) is 0 Å². The van der Waals surface area contributed by atoms with Crippen molar-refractivity contribution in [1.29, 1.82) is 0 Å². The molecule has 0 fully saturated rings. The Balaban J connectivity index is 2.40. The Bertz CT molecular complexity index is 224. The summed E-state index contributed by atoms with van der Waals surface area (Å²) in [5.74, 6) is 5.43. The van der Waals surface area contributed by atoms with E-state index in [9.17, 15) is 0 Å². The lowest BCUT2D eigenvalue weighted by Crippen LogP contribution is -2.40. The highest BCUT2D eigenvalue weighted by Gasteiger charge is 2.07. The number of halogens is 1. The summed E-state index contributed by atoms with van der Waals surface area (Å²) in [5, 5.41) is 5.72. The third kappa shape index (κ3) is 3.65. The number of nitrogens with two attached hydrogens (primary N) is 1. The first-order valence-electron chi connectivity index (χ1n) is 4.48. The number of hydrogen-bond acceptors (Lipinski definition) is 4. The van der Waals surface area contributed by atoms with Gasteiger partial charge in [0.2, 0.25) is 0 Å². The Morgan fingerprint density at radius 3 is 3.00 bits per heavy atom. The van der Waals surface area contributed by atoms with E-state index in [-0.39, 0.29) is 0 Å². The van der Waals surface area contributed by atoms with Crippen LogP contribution in [-0.4, -0.2) is 10.9 Å². The van der Waals surface area contributed by atoms with Crippen molar-refractivity contribution >= 4 is 17.3 Å². The molecule has 0 radical (unpaired) electrons. The summed E-state index contributed by atoms with van der Waals surface area (Å²) in [7, 11) is 0. The van der Waals surface area contributed by atoms with Crippen LogP contribution in [0.3, 0.4) is 0 Å². The average molecular weight is 203 g/mol. The average Bonchev–Trinajstić information content (AvgIpc) is 2.03.